The molecular weight excluding hydrogens is 272 g/mol. The molecule has 118 valence electrons. The van der Waals surface area contributed by atoms with Crippen LogP contribution >= 0.6 is 0 Å². The lowest BCUT2D eigenvalue weighted by atomic mass is 9.86. The van der Waals surface area contributed by atoms with E-state index in [1.165, 1.54) is 0 Å². The third-order valence-electron chi connectivity index (χ3n) is 4.62. The van der Waals surface area contributed by atoms with Crippen LogP contribution in [-0.2, 0) is 15.1 Å². The number of hydrogen-bond acceptors (Lipinski definition) is 6. The summed E-state index contributed by atoms with van der Waals surface area (Å²) >= 11 is 0. The maximum Gasteiger partial charge on any atom is 0.232 e. The zero-order valence-electron chi connectivity index (χ0n) is 12.6. The molecule has 1 aromatic rings. The summed E-state index contributed by atoms with van der Waals surface area (Å²) in [6, 6.07) is 0. The zero-order chi connectivity index (χ0) is 14.7. The molecule has 2 fully saturated rings. The van der Waals surface area contributed by atoms with Crippen molar-refractivity contribution in [2.75, 3.05) is 19.8 Å². The normalized spacial score (nSPS) is 29.4. The predicted molar refractivity (Wildman–Crippen MR) is 74.9 cm³/mol. The van der Waals surface area contributed by atoms with Gasteiger partial charge in [0, 0.05) is 32.7 Å². The van der Waals surface area contributed by atoms with Crippen LogP contribution in [0.3, 0.4) is 0 Å². The summed E-state index contributed by atoms with van der Waals surface area (Å²) in [5.74, 6) is 1.14. The maximum atomic E-state index is 10.1. The topological polar surface area (TPSA) is 77.6 Å². The monoisotopic (exact) mass is 296 g/mol. The Kier molecular flexibility index (Phi) is 4.57. The molecule has 0 amide bonds. The number of nitrogens with zero attached hydrogens (tertiary/aromatic N) is 2. The fourth-order valence-electron chi connectivity index (χ4n) is 3.38. The maximum absolute atomic E-state index is 10.1. The van der Waals surface area contributed by atoms with E-state index in [-0.39, 0.29) is 12.0 Å². The SMILES string of the molecule is CCOC1(c2noc(C3CCCCC3O)n2)CCOCC1. The number of hydrogen-bond donors (Lipinski definition) is 1. The van der Waals surface area contributed by atoms with E-state index in [4.69, 9.17) is 14.0 Å². The van der Waals surface area contributed by atoms with Crippen molar-refractivity contribution < 1.29 is 19.1 Å². The largest absolute Gasteiger partial charge is 0.392 e. The van der Waals surface area contributed by atoms with Gasteiger partial charge >= 0.3 is 0 Å². The standard InChI is InChI=1S/C15H24N2O4/c1-2-20-15(7-9-19-10-8-15)14-16-13(21-17-14)11-5-3-4-6-12(11)18/h11-12,18H,2-10H2,1H3. The van der Waals surface area contributed by atoms with Gasteiger partial charge in [-0.3, -0.25) is 0 Å². The van der Waals surface area contributed by atoms with E-state index in [0.717, 1.165) is 38.5 Å². The summed E-state index contributed by atoms with van der Waals surface area (Å²) in [5.41, 5.74) is -0.492. The molecule has 1 saturated heterocycles. The minimum Gasteiger partial charge on any atom is -0.392 e. The Balaban J connectivity index is 1.81. The van der Waals surface area contributed by atoms with Gasteiger partial charge in [-0.25, -0.2) is 0 Å². The lowest BCUT2D eigenvalue weighted by Crippen LogP contribution is -2.37. The number of aliphatic hydroxyl groups excluding tert-OH is 1. The number of rotatable bonds is 4. The van der Waals surface area contributed by atoms with Crippen LogP contribution in [0.2, 0.25) is 0 Å². The molecule has 1 saturated carbocycles. The van der Waals surface area contributed by atoms with Gasteiger partial charge in [0.05, 0.1) is 12.0 Å². The first-order valence-corrected chi connectivity index (χ1v) is 7.99. The highest BCUT2D eigenvalue weighted by Gasteiger charge is 2.41. The third kappa shape index (κ3) is 2.98. The number of aromatic nitrogens is 2. The first-order valence-electron chi connectivity index (χ1n) is 7.99. The highest BCUT2D eigenvalue weighted by atomic mass is 16.5. The highest BCUT2D eigenvalue weighted by molar-refractivity contribution is 5.06. The van der Waals surface area contributed by atoms with Crippen molar-refractivity contribution in [1.82, 2.24) is 10.1 Å². The molecule has 3 rings (SSSR count). The zero-order valence-corrected chi connectivity index (χ0v) is 12.6. The van der Waals surface area contributed by atoms with E-state index in [2.05, 4.69) is 10.1 Å². The molecule has 6 heteroatoms. The average Bonchev–Trinajstić information content (AvgIpc) is 2.99. The van der Waals surface area contributed by atoms with Crippen LogP contribution in [0.5, 0.6) is 0 Å². The lowest BCUT2D eigenvalue weighted by molar-refractivity contribution is -0.118. The second-order valence-electron chi connectivity index (χ2n) is 5.95. The first-order chi connectivity index (χ1) is 10.2. The van der Waals surface area contributed by atoms with E-state index in [1.807, 2.05) is 6.92 Å². The van der Waals surface area contributed by atoms with Crippen LogP contribution < -0.4 is 0 Å². The summed E-state index contributed by atoms with van der Waals surface area (Å²) in [6.07, 6.45) is 5.01. The molecule has 1 aromatic heterocycles. The quantitative estimate of drug-likeness (QED) is 0.917. The highest BCUT2D eigenvalue weighted by Crippen LogP contribution is 2.37. The van der Waals surface area contributed by atoms with Gasteiger partial charge in [0.1, 0.15) is 5.60 Å². The molecule has 2 unspecified atom stereocenters. The van der Waals surface area contributed by atoms with E-state index in [9.17, 15) is 5.11 Å². The van der Waals surface area contributed by atoms with E-state index >= 15 is 0 Å². The molecule has 2 heterocycles. The van der Waals surface area contributed by atoms with Crippen LogP contribution in [0.4, 0.5) is 0 Å². The van der Waals surface area contributed by atoms with E-state index in [0.29, 0.717) is 31.5 Å². The summed E-state index contributed by atoms with van der Waals surface area (Å²) in [7, 11) is 0. The van der Waals surface area contributed by atoms with Gasteiger partial charge in [0.2, 0.25) is 11.7 Å². The van der Waals surface area contributed by atoms with Crippen molar-refractivity contribution in [2.45, 2.75) is 63.1 Å². The Bertz CT molecular complexity index is 451. The summed E-state index contributed by atoms with van der Waals surface area (Å²) in [5, 5.41) is 14.3. The molecule has 1 N–H and O–H groups in total. The Morgan fingerprint density at radius 3 is 2.76 bits per heavy atom. The van der Waals surface area contributed by atoms with Gasteiger partial charge in [-0.2, -0.15) is 4.98 Å². The molecule has 0 aromatic carbocycles. The van der Waals surface area contributed by atoms with Crippen LogP contribution in [-0.4, -0.2) is 41.2 Å². The Hall–Kier alpha value is -0.980. The van der Waals surface area contributed by atoms with Crippen LogP contribution in [0.25, 0.3) is 0 Å². The minimum absolute atomic E-state index is 0.0292. The van der Waals surface area contributed by atoms with Crippen molar-refractivity contribution in [2.24, 2.45) is 0 Å². The number of aliphatic hydroxyl groups is 1. The lowest BCUT2D eigenvalue weighted by Gasteiger charge is -2.33. The molecule has 6 nitrogen and oxygen atoms in total. The molecule has 0 bridgehead atoms. The molecular formula is C15H24N2O4. The van der Waals surface area contributed by atoms with Crippen LogP contribution in [0.1, 0.15) is 63.1 Å². The smallest absolute Gasteiger partial charge is 0.232 e. The third-order valence-corrected chi connectivity index (χ3v) is 4.62. The summed E-state index contributed by atoms with van der Waals surface area (Å²) < 4.78 is 16.8. The van der Waals surface area contributed by atoms with Gasteiger partial charge in [-0.15, -0.1) is 0 Å². The number of ether oxygens (including phenoxy) is 2. The van der Waals surface area contributed by atoms with Gasteiger partial charge in [-0.1, -0.05) is 18.0 Å². The second kappa shape index (κ2) is 6.42. The Morgan fingerprint density at radius 1 is 1.29 bits per heavy atom. The van der Waals surface area contributed by atoms with Gasteiger partial charge in [-0.05, 0) is 19.8 Å². The van der Waals surface area contributed by atoms with Crippen molar-refractivity contribution in [3.63, 3.8) is 0 Å². The molecule has 21 heavy (non-hydrogen) atoms. The van der Waals surface area contributed by atoms with Gasteiger partial charge in [0.15, 0.2) is 0 Å². The Morgan fingerprint density at radius 2 is 2.05 bits per heavy atom. The summed E-state index contributed by atoms with van der Waals surface area (Å²) in [6.45, 7) is 3.88. The van der Waals surface area contributed by atoms with Crippen LogP contribution in [0, 0.1) is 0 Å². The fraction of sp³-hybridized carbons (Fsp3) is 0.867. The minimum atomic E-state index is -0.492. The van der Waals surface area contributed by atoms with Crippen molar-refractivity contribution in [3.8, 4) is 0 Å². The van der Waals surface area contributed by atoms with Gasteiger partial charge < -0.3 is 19.1 Å². The molecule has 0 radical (unpaired) electrons. The van der Waals surface area contributed by atoms with E-state index in [1.54, 1.807) is 0 Å². The Labute approximate surface area is 124 Å². The molecule has 2 aliphatic rings. The molecule has 1 aliphatic carbocycles. The second-order valence-corrected chi connectivity index (χ2v) is 5.95. The van der Waals surface area contributed by atoms with Gasteiger partial charge in [0.25, 0.3) is 0 Å². The van der Waals surface area contributed by atoms with Crippen molar-refractivity contribution in [1.29, 1.82) is 0 Å². The summed E-state index contributed by atoms with van der Waals surface area (Å²) in [4.78, 5) is 4.58. The van der Waals surface area contributed by atoms with Crippen LogP contribution in [0.15, 0.2) is 4.52 Å². The first kappa shape index (κ1) is 14.9. The molecule has 1 aliphatic heterocycles. The fourth-order valence-corrected chi connectivity index (χ4v) is 3.38. The van der Waals surface area contributed by atoms with Crippen molar-refractivity contribution >= 4 is 0 Å². The predicted octanol–water partition coefficient (Wildman–Crippen LogP) is 2.13. The van der Waals surface area contributed by atoms with E-state index < -0.39 is 5.60 Å². The average molecular weight is 296 g/mol. The molecule has 0 spiro atoms. The van der Waals surface area contributed by atoms with Crippen molar-refractivity contribution in [3.05, 3.63) is 11.7 Å². The molecule has 2 atom stereocenters.